The number of aromatic nitrogens is 2. The molecule has 0 aliphatic carbocycles. The fraction of sp³-hybridized carbons (Fsp3) is 0.200. The van der Waals surface area contributed by atoms with Crippen molar-refractivity contribution in [1.29, 1.82) is 0 Å². The summed E-state index contributed by atoms with van der Waals surface area (Å²) in [6.45, 7) is 1.24. The van der Waals surface area contributed by atoms with E-state index in [1.165, 1.54) is 0 Å². The van der Waals surface area contributed by atoms with Crippen LogP contribution in [0, 0.1) is 0 Å². The van der Waals surface area contributed by atoms with E-state index in [1.54, 1.807) is 30.3 Å². The largest absolute Gasteiger partial charge is 0.290 e. The number of rotatable bonds is 4. The van der Waals surface area contributed by atoms with E-state index in [9.17, 15) is 4.79 Å². The average molecular weight is 407 g/mol. The molecule has 0 saturated carbocycles. The number of Topliss-reactive ketones (excluding diaryl/α,β-unsaturated/α-hetero) is 1. The Hall–Kier alpha value is -1.81. The number of fused-ring (bicyclic) bond motifs is 1. The van der Waals surface area contributed by atoms with Crippen molar-refractivity contribution in [3.05, 3.63) is 75.1 Å². The molecule has 3 nitrogen and oxygen atoms in total. The lowest BCUT2D eigenvalue weighted by atomic mass is 10.1. The van der Waals surface area contributed by atoms with Gasteiger partial charge in [-0.15, -0.1) is 0 Å². The minimum absolute atomic E-state index is 0.0626. The minimum atomic E-state index is 0.0626. The Kier molecular flexibility index (Phi) is 4.78. The first-order chi connectivity index (χ1) is 12.5. The highest BCUT2D eigenvalue weighted by Crippen LogP contribution is 2.30. The zero-order valence-corrected chi connectivity index (χ0v) is 16.2. The van der Waals surface area contributed by atoms with Gasteiger partial charge in [-0.2, -0.15) is 0 Å². The van der Waals surface area contributed by atoms with E-state index in [-0.39, 0.29) is 5.78 Å². The fourth-order valence-corrected chi connectivity index (χ4v) is 3.84. The topological polar surface area (TPSA) is 25.9 Å². The van der Waals surface area contributed by atoms with Gasteiger partial charge in [-0.25, -0.2) is 9.13 Å². The number of carbonyl (C=O) groups is 1. The number of halogens is 3. The van der Waals surface area contributed by atoms with Crippen LogP contribution in [0.25, 0.3) is 11.3 Å². The number of hydrogen-bond acceptors (Lipinski definition) is 1. The molecular weight excluding hydrogens is 391 g/mol. The van der Waals surface area contributed by atoms with E-state index in [0.29, 0.717) is 27.2 Å². The van der Waals surface area contributed by atoms with Gasteiger partial charge in [-0.05, 0) is 48.9 Å². The molecule has 0 saturated heterocycles. The molecule has 1 aromatic heterocycles. The second-order valence-electron chi connectivity index (χ2n) is 6.37. The summed E-state index contributed by atoms with van der Waals surface area (Å²) in [6.07, 6.45) is 4.05. The van der Waals surface area contributed by atoms with Crippen molar-refractivity contribution in [1.82, 2.24) is 4.57 Å². The average Bonchev–Trinajstić information content (AvgIpc) is 3.22. The van der Waals surface area contributed by atoms with Crippen molar-refractivity contribution in [3.63, 3.8) is 0 Å². The molecule has 0 radical (unpaired) electrons. The normalized spacial score (nSPS) is 13.0. The van der Waals surface area contributed by atoms with Gasteiger partial charge in [-0.1, -0.05) is 34.8 Å². The quantitative estimate of drug-likeness (QED) is 0.430. The Morgan fingerprint density at radius 2 is 1.81 bits per heavy atom. The predicted molar refractivity (Wildman–Crippen MR) is 104 cm³/mol. The lowest BCUT2D eigenvalue weighted by Gasteiger charge is -2.01. The zero-order chi connectivity index (χ0) is 18.3. The summed E-state index contributed by atoms with van der Waals surface area (Å²) in [5.41, 5.74) is 2.72. The maximum absolute atomic E-state index is 12.7. The number of ketones is 1. The van der Waals surface area contributed by atoms with Crippen LogP contribution in [0.1, 0.15) is 22.6 Å². The van der Waals surface area contributed by atoms with Gasteiger partial charge in [0.05, 0.1) is 23.0 Å². The molecule has 1 aliphatic heterocycles. The predicted octanol–water partition coefficient (Wildman–Crippen LogP) is 5.23. The third-order valence-corrected chi connectivity index (χ3v) is 5.68. The van der Waals surface area contributed by atoms with Crippen molar-refractivity contribution < 1.29 is 9.36 Å². The van der Waals surface area contributed by atoms with Gasteiger partial charge in [0.2, 0.25) is 5.78 Å². The number of nitrogens with zero attached hydrogens (tertiary/aromatic N) is 2. The standard InChI is InChI=1S/C20H16Cl3N2O/c21-15-6-3-13(4-7-15)19(26)12-24-11-18(25-9-1-2-20(24)25)14-5-8-16(22)17(23)10-14/h3-8,10-11H,1-2,9,12H2/q+1. The Morgan fingerprint density at radius 1 is 1.04 bits per heavy atom. The fourth-order valence-electron chi connectivity index (χ4n) is 3.41. The summed E-state index contributed by atoms with van der Waals surface area (Å²) < 4.78 is 4.30. The molecule has 0 atom stereocenters. The SMILES string of the molecule is O=C(C[n+]1cc(-c2ccc(Cl)c(Cl)c2)n2c1CCC2)c1ccc(Cl)cc1. The van der Waals surface area contributed by atoms with Crippen molar-refractivity contribution in [2.45, 2.75) is 25.9 Å². The van der Waals surface area contributed by atoms with E-state index >= 15 is 0 Å². The highest BCUT2D eigenvalue weighted by atomic mass is 35.5. The van der Waals surface area contributed by atoms with E-state index in [4.69, 9.17) is 34.8 Å². The van der Waals surface area contributed by atoms with Gasteiger partial charge >= 0.3 is 0 Å². The van der Waals surface area contributed by atoms with Gasteiger partial charge in [0.25, 0.3) is 5.82 Å². The molecule has 0 bridgehead atoms. The molecule has 3 aromatic rings. The molecule has 6 heteroatoms. The third kappa shape index (κ3) is 3.27. The molecule has 0 fully saturated rings. The zero-order valence-electron chi connectivity index (χ0n) is 13.9. The van der Waals surface area contributed by atoms with Gasteiger partial charge in [-0.3, -0.25) is 4.79 Å². The Labute approximate surface area is 166 Å². The van der Waals surface area contributed by atoms with E-state index in [0.717, 1.165) is 36.5 Å². The van der Waals surface area contributed by atoms with Crippen molar-refractivity contribution in [2.75, 3.05) is 0 Å². The maximum Gasteiger partial charge on any atom is 0.257 e. The first-order valence-corrected chi connectivity index (χ1v) is 9.52. The van der Waals surface area contributed by atoms with Gasteiger partial charge in [0, 0.05) is 16.1 Å². The summed E-state index contributed by atoms with van der Waals surface area (Å²) in [5.74, 6) is 1.22. The first-order valence-electron chi connectivity index (χ1n) is 8.39. The summed E-state index contributed by atoms with van der Waals surface area (Å²) in [7, 11) is 0. The second kappa shape index (κ2) is 7.07. The van der Waals surface area contributed by atoms with Crippen LogP contribution in [0.3, 0.4) is 0 Å². The minimum Gasteiger partial charge on any atom is -0.290 e. The van der Waals surface area contributed by atoms with E-state index < -0.39 is 0 Å². The molecule has 2 aromatic carbocycles. The van der Waals surface area contributed by atoms with Crippen LogP contribution in [0.4, 0.5) is 0 Å². The highest BCUT2D eigenvalue weighted by Gasteiger charge is 2.30. The third-order valence-electron chi connectivity index (χ3n) is 4.69. The lowest BCUT2D eigenvalue weighted by molar-refractivity contribution is -0.689. The lowest BCUT2D eigenvalue weighted by Crippen LogP contribution is -2.40. The van der Waals surface area contributed by atoms with E-state index in [1.807, 2.05) is 22.9 Å². The molecule has 2 heterocycles. The number of imidazole rings is 1. The number of carbonyl (C=O) groups excluding carboxylic acids is 1. The highest BCUT2D eigenvalue weighted by molar-refractivity contribution is 6.42. The Morgan fingerprint density at radius 3 is 2.54 bits per heavy atom. The van der Waals surface area contributed by atoms with Crippen LogP contribution in [-0.4, -0.2) is 10.4 Å². The van der Waals surface area contributed by atoms with Crippen molar-refractivity contribution >= 4 is 40.6 Å². The molecule has 0 unspecified atom stereocenters. The second-order valence-corrected chi connectivity index (χ2v) is 7.62. The molecule has 0 amide bonds. The van der Waals surface area contributed by atoms with Crippen molar-refractivity contribution in [3.8, 4) is 11.3 Å². The van der Waals surface area contributed by atoms with E-state index in [2.05, 4.69) is 4.57 Å². The summed E-state index contributed by atoms with van der Waals surface area (Å²) in [5, 5.41) is 1.69. The molecule has 132 valence electrons. The smallest absolute Gasteiger partial charge is 0.257 e. The Balaban J connectivity index is 1.68. The van der Waals surface area contributed by atoms with Crippen LogP contribution in [0.5, 0.6) is 0 Å². The van der Waals surface area contributed by atoms with Gasteiger partial charge < -0.3 is 0 Å². The maximum atomic E-state index is 12.7. The first kappa shape index (κ1) is 17.6. The Bertz CT molecular complexity index is 993. The van der Waals surface area contributed by atoms with Crippen LogP contribution in [0.2, 0.25) is 15.1 Å². The summed E-state index contributed by atoms with van der Waals surface area (Å²) >= 11 is 18.1. The van der Waals surface area contributed by atoms with Crippen LogP contribution < -0.4 is 4.57 Å². The number of hydrogen-bond donors (Lipinski definition) is 0. The molecular formula is C20H16Cl3N2O+. The summed E-state index contributed by atoms with van der Waals surface area (Å²) in [4.78, 5) is 12.7. The van der Waals surface area contributed by atoms with Crippen LogP contribution in [0.15, 0.2) is 48.7 Å². The molecule has 26 heavy (non-hydrogen) atoms. The monoisotopic (exact) mass is 405 g/mol. The van der Waals surface area contributed by atoms with Gasteiger partial charge in [0.15, 0.2) is 12.2 Å². The van der Waals surface area contributed by atoms with Gasteiger partial charge in [0.1, 0.15) is 6.20 Å². The molecule has 4 rings (SSSR count). The molecule has 0 N–H and O–H groups in total. The van der Waals surface area contributed by atoms with Crippen LogP contribution in [-0.2, 0) is 19.5 Å². The molecule has 1 aliphatic rings. The van der Waals surface area contributed by atoms with Crippen LogP contribution >= 0.6 is 34.8 Å². The van der Waals surface area contributed by atoms with Crippen molar-refractivity contribution in [2.24, 2.45) is 0 Å². The molecule has 0 spiro atoms. The summed E-state index contributed by atoms with van der Waals surface area (Å²) in [6, 6.07) is 12.6. The number of benzene rings is 2.